The molecule has 2 unspecified atom stereocenters. The third kappa shape index (κ3) is 6.08. The fraction of sp³-hybridized carbons (Fsp3) is 0.625. The molecule has 1 rings (SSSR count). The van der Waals surface area contributed by atoms with Crippen LogP contribution < -0.4 is 10.1 Å². The highest BCUT2D eigenvalue weighted by molar-refractivity contribution is 5.27. The summed E-state index contributed by atoms with van der Waals surface area (Å²) in [6.45, 7) is 3.07. The van der Waals surface area contributed by atoms with Crippen LogP contribution in [0.5, 0.6) is 5.75 Å². The van der Waals surface area contributed by atoms with Crippen LogP contribution in [0.2, 0.25) is 0 Å². The van der Waals surface area contributed by atoms with Gasteiger partial charge in [0, 0.05) is 19.8 Å². The van der Waals surface area contributed by atoms with Gasteiger partial charge in [-0.1, -0.05) is 19.1 Å². The minimum Gasteiger partial charge on any atom is -0.497 e. The van der Waals surface area contributed by atoms with E-state index in [2.05, 4.69) is 24.4 Å². The van der Waals surface area contributed by atoms with Crippen molar-refractivity contribution in [3.63, 3.8) is 0 Å². The molecule has 19 heavy (non-hydrogen) atoms. The van der Waals surface area contributed by atoms with Gasteiger partial charge in [0.25, 0.3) is 0 Å². The molecule has 0 fully saturated rings. The molecule has 0 heterocycles. The van der Waals surface area contributed by atoms with Gasteiger partial charge in [0.05, 0.1) is 7.11 Å². The molecule has 0 aliphatic rings. The maximum absolute atomic E-state index is 5.20. The average Bonchev–Trinajstić information content (AvgIpc) is 2.44. The van der Waals surface area contributed by atoms with E-state index in [4.69, 9.17) is 9.47 Å². The second kappa shape index (κ2) is 8.94. The molecule has 0 spiro atoms. The Balaban J connectivity index is 2.39. The molecule has 2 atom stereocenters. The number of hydrogen-bond acceptors (Lipinski definition) is 3. The van der Waals surface area contributed by atoms with E-state index in [1.165, 1.54) is 5.56 Å². The maximum Gasteiger partial charge on any atom is 0.118 e. The summed E-state index contributed by atoms with van der Waals surface area (Å²) in [6, 6.07) is 8.88. The van der Waals surface area contributed by atoms with Gasteiger partial charge in [-0.15, -0.1) is 0 Å². The molecule has 0 radical (unpaired) electrons. The predicted molar refractivity (Wildman–Crippen MR) is 79.8 cm³/mol. The predicted octanol–water partition coefficient (Wildman–Crippen LogP) is 2.89. The summed E-state index contributed by atoms with van der Waals surface area (Å²) >= 11 is 0. The maximum atomic E-state index is 5.20. The van der Waals surface area contributed by atoms with Crippen LogP contribution in [0, 0.1) is 5.92 Å². The van der Waals surface area contributed by atoms with Crippen molar-refractivity contribution in [1.82, 2.24) is 5.32 Å². The molecule has 0 amide bonds. The molecule has 0 aromatic heterocycles. The third-order valence-electron chi connectivity index (χ3n) is 3.49. The molecule has 1 aromatic carbocycles. The molecule has 3 heteroatoms. The highest BCUT2D eigenvalue weighted by Crippen LogP contribution is 2.15. The fourth-order valence-corrected chi connectivity index (χ4v) is 2.35. The molecule has 0 saturated heterocycles. The van der Waals surface area contributed by atoms with E-state index in [0.29, 0.717) is 12.0 Å². The van der Waals surface area contributed by atoms with E-state index in [1.807, 2.05) is 19.2 Å². The number of hydrogen-bond donors (Lipinski definition) is 1. The van der Waals surface area contributed by atoms with E-state index in [1.54, 1.807) is 14.2 Å². The molecule has 3 nitrogen and oxygen atoms in total. The number of methoxy groups -OCH3 is 2. The summed E-state index contributed by atoms with van der Waals surface area (Å²) in [5, 5.41) is 3.40. The Morgan fingerprint density at radius 2 is 1.84 bits per heavy atom. The minimum absolute atomic E-state index is 0.548. The lowest BCUT2D eigenvalue weighted by molar-refractivity contribution is 0.149. The van der Waals surface area contributed by atoms with E-state index in [-0.39, 0.29) is 0 Å². The summed E-state index contributed by atoms with van der Waals surface area (Å²) in [7, 11) is 5.50. The van der Waals surface area contributed by atoms with Gasteiger partial charge < -0.3 is 14.8 Å². The van der Waals surface area contributed by atoms with Gasteiger partial charge in [0.2, 0.25) is 0 Å². The van der Waals surface area contributed by atoms with Crippen LogP contribution in [0.1, 0.15) is 25.3 Å². The van der Waals surface area contributed by atoms with Crippen molar-refractivity contribution in [2.24, 2.45) is 5.92 Å². The largest absolute Gasteiger partial charge is 0.497 e. The molecule has 108 valence electrons. The summed E-state index contributed by atoms with van der Waals surface area (Å²) in [5.41, 5.74) is 1.36. The Morgan fingerprint density at radius 1 is 1.16 bits per heavy atom. The first kappa shape index (κ1) is 16.0. The van der Waals surface area contributed by atoms with Crippen molar-refractivity contribution in [1.29, 1.82) is 0 Å². The standard InChI is InChI=1S/C16H27NO2/c1-13(12-18-3)11-15(17-2)8-5-14-6-9-16(19-4)10-7-14/h6-7,9-10,13,15,17H,5,8,11-12H2,1-4H3. The first-order valence-electron chi connectivity index (χ1n) is 6.98. The number of ether oxygens (including phenoxy) is 2. The summed E-state index contributed by atoms with van der Waals surface area (Å²) in [4.78, 5) is 0. The molecular weight excluding hydrogens is 238 g/mol. The van der Waals surface area contributed by atoms with E-state index in [0.717, 1.165) is 31.6 Å². The van der Waals surface area contributed by atoms with Gasteiger partial charge in [-0.3, -0.25) is 0 Å². The van der Waals surface area contributed by atoms with Gasteiger partial charge in [-0.2, -0.15) is 0 Å². The van der Waals surface area contributed by atoms with Crippen molar-refractivity contribution in [2.45, 2.75) is 32.2 Å². The quantitative estimate of drug-likeness (QED) is 0.744. The fourth-order valence-electron chi connectivity index (χ4n) is 2.35. The molecule has 0 aliphatic carbocycles. The molecule has 1 aromatic rings. The second-order valence-electron chi connectivity index (χ2n) is 5.17. The summed E-state index contributed by atoms with van der Waals surface area (Å²) < 4.78 is 10.4. The van der Waals surface area contributed by atoms with E-state index >= 15 is 0 Å². The van der Waals surface area contributed by atoms with Crippen LogP contribution in [0.4, 0.5) is 0 Å². The zero-order chi connectivity index (χ0) is 14.1. The molecule has 0 bridgehead atoms. The van der Waals surface area contributed by atoms with Crippen LogP contribution in [-0.4, -0.2) is 33.9 Å². The van der Waals surface area contributed by atoms with Gasteiger partial charge in [-0.25, -0.2) is 0 Å². The number of nitrogens with one attached hydrogen (secondary N) is 1. The van der Waals surface area contributed by atoms with Crippen molar-refractivity contribution in [3.05, 3.63) is 29.8 Å². The summed E-state index contributed by atoms with van der Waals surface area (Å²) in [6.07, 6.45) is 3.40. The number of benzene rings is 1. The molecule has 0 saturated carbocycles. The van der Waals surface area contributed by atoms with Gasteiger partial charge in [-0.05, 0) is 49.9 Å². The van der Waals surface area contributed by atoms with Crippen LogP contribution >= 0.6 is 0 Å². The van der Waals surface area contributed by atoms with Crippen molar-refractivity contribution in [3.8, 4) is 5.75 Å². The lowest BCUT2D eigenvalue weighted by Gasteiger charge is -2.20. The van der Waals surface area contributed by atoms with Crippen LogP contribution in [0.15, 0.2) is 24.3 Å². The van der Waals surface area contributed by atoms with Crippen LogP contribution in [0.25, 0.3) is 0 Å². The zero-order valence-electron chi connectivity index (χ0n) is 12.6. The SMILES string of the molecule is CNC(CCc1ccc(OC)cc1)CC(C)COC. The normalized spacial score (nSPS) is 14.1. The molecule has 0 aliphatic heterocycles. The number of rotatable bonds is 9. The Labute approximate surface area is 117 Å². The summed E-state index contributed by atoms with van der Waals surface area (Å²) in [5.74, 6) is 1.51. The topological polar surface area (TPSA) is 30.5 Å². The van der Waals surface area contributed by atoms with Gasteiger partial charge in [0.15, 0.2) is 0 Å². The molecular formula is C16H27NO2. The highest BCUT2D eigenvalue weighted by atomic mass is 16.5. The van der Waals surface area contributed by atoms with E-state index in [9.17, 15) is 0 Å². The highest BCUT2D eigenvalue weighted by Gasteiger charge is 2.11. The smallest absolute Gasteiger partial charge is 0.118 e. The monoisotopic (exact) mass is 265 g/mol. The Kier molecular flexibility index (Phi) is 7.53. The Morgan fingerprint density at radius 3 is 2.37 bits per heavy atom. The first-order chi connectivity index (χ1) is 9.19. The van der Waals surface area contributed by atoms with E-state index < -0.39 is 0 Å². The Bertz CT molecular complexity index is 337. The average molecular weight is 265 g/mol. The van der Waals surface area contributed by atoms with Crippen molar-refractivity contribution < 1.29 is 9.47 Å². The third-order valence-corrected chi connectivity index (χ3v) is 3.49. The lowest BCUT2D eigenvalue weighted by atomic mass is 9.97. The molecule has 1 N–H and O–H groups in total. The second-order valence-corrected chi connectivity index (χ2v) is 5.17. The minimum atomic E-state index is 0.548. The van der Waals surface area contributed by atoms with Crippen molar-refractivity contribution >= 4 is 0 Å². The number of aryl methyl sites for hydroxylation is 1. The lowest BCUT2D eigenvalue weighted by Crippen LogP contribution is -2.29. The zero-order valence-corrected chi connectivity index (χ0v) is 12.6. The van der Waals surface area contributed by atoms with Crippen molar-refractivity contribution in [2.75, 3.05) is 27.9 Å². The Hall–Kier alpha value is -1.06. The first-order valence-corrected chi connectivity index (χ1v) is 6.98. The van der Waals surface area contributed by atoms with Gasteiger partial charge in [0.1, 0.15) is 5.75 Å². The van der Waals surface area contributed by atoms with Crippen LogP contribution in [-0.2, 0) is 11.2 Å². The van der Waals surface area contributed by atoms with Crippen LogP contribution in [0.3, 0.4) is 0 Å². The van der Waals surface area contributed by atoms with Gasteiger partial charge >= 0.3 is 0 Å².